The third-order valence-electron chi connectivity index (χ3n) is 2.59. The van der Waals surface area contributed by atoms with Crippen LogP contribution < -0.4 is 0 Å². The maximum Gasteiger partial charge on any atom is 0.357 e. The molecule has 2 heterocycles. The Bertz CT molecular complexity index is 353. The minimum atomic E-state index is -0.385. The van der Waals surface area contributed by atoms with Crippen molar-refractivity contribution in [1.82, 2.24) is 4.98 Å². The van der Waals surface area contributed by atoms with Crippen LogP contribution >= 0.6 is 0 Å². The first-order valence-electron chi connectivity index (χ1n) is 5.49. The Hall–Kier alpha value is -1.42. The molecule has 0 spiro atoms. The highest BCUT2D eigenvalue weighted by atomic mass is 16.6. The Morgan fingerprint density at radius 3 is 3.06 bits per heavy atom. The molecule has 1 saturated heterocycles. The van der Waals surface area contributed by atoms with Crippen molar-refractivity contribution in [1.29, 1.82) is 0 Å². The molecule has 0 bridgehead atoms. The summed E-state index contributed by atoms with van der Waals surface area (Å²) >= 11 is 0. The van der Waals surface area contributed by atoms with Crippen LogP contribution in [0.1, 0.15) is 30.3 Å². The van der Waals surface area contributed by atoms with E-state index in [9.17, 15) is 4.79 Å². The lowest BCUT2D eigenvalue weighted by Gasteiger charge is -2.11. The highest BCUT2D eigenvalue weighted by Crippen LogP contribution is 2.19. The van der Waals surface area contributed by atoms with Gasteiger partial charge in [-0.1, -0.05) is 6.07 Å². The van der Waals surface area contributed by atoms with Gasteiger partial charge in [0, 0.05) is 6.20 Å². The first-order chi connectivity index (χ1) is 7.75. The largest absolute Gasteiger partial charge is 0.458 e. The topological polar surface area (TPSA) is 48.4 Å². The van der Waals surface area contributed by atoms with Gasteiger partial charge in [0.2, 0.25) is 0 Å². The zero-order chi connectivity index (χ0) is 11.4. The van der Waals surface area contributed by atoms with Crippen molar-refractivity contribution < 1.29 is 14.3 Å². The van der Waals surface area contributed by atoms with Crippen LogP contribution in [0.4, 0.5) is 0 Å². The van der Waals surface area contributed by atoms with E-state index in [-0.39, 0.29) is 18.2 Å². The summed E-state index contributed by atoms with van der Waals surface area (Å²) in [6.45, 7) is 2.35. The number of hydrogen-bond donors (Lipinski definition) is 0. The highest BCUT2D eigenvalue weighted by Gasteiger charge is 2.23. The second-order valence-electron chi connectivity index (χ2n) is 3.96. The van der Waals surface area contributed by atoms with Crippen molar-refractivity contribution in [3.8, 4) is 0 Å². The van der Waals surface area contributed by atoms with Gasteiger partial charge >= 0.3 is 5.97 Å². The number of rotatable bonds is 3. The van der Waals surface area contributed by atoms with Gasteiger partial charge in [-0.2, -0.15) is 0 Å². The fourth-order valence-electron chi connectivity index (χ4n) is 1.73. The van der Waals surface area contributed by atoms with Crippen LogP contribution in [-0.2, 0) is 9.47 Å². The SMILES string of the molecule is CC1CCC(COC(=O)c2ccccn2)O1. The van der Waals surface area contributed by atoms with Crippen LogP contribution in [0.5, 0.6) is 0 Å². The van der Waals surface area contributed by atoms with Gasteiger partial charge in [-0.3, -0.25) is 0 Å². The molecule has 1 aliphatic heterocycles. The van der Waals surface area contributed by atoms with Gasteiger partial charge in [-0.25, -0.2) is 9.78 Å². The maximum atomic E-state index is 11.5. The van der Waals surface area contributed by atoms with Crippen LogP contribution in [0.3, 0.4) is 0 Å². The summed E-state index contributed by atoms with van der Waals surface area (Å²) in [7, 11) is 0. The van der Waals surface area contributed by atoms with Gasteiger partial charge in [0.25, 0.3) is 0 Å². The summed E-state index contributed by atoms with van der Waals surface area (Å²) in [6, 6.07) is 5.16. The summed E-state index contributed by atoms with van der Waals surface area (Å²) < 4.78 is 10.7. The van der Waals surface area contributed by atoms with Crippen molar-refractivity contribution in [2.45, 2.75) is 32.0 Å². The molecule has 2 atom stereocenters. The molecule has 2 rings (SSSR count). The molecule has 0 aromatic carbocycles. The van der Waals surface area contributed by atoms with E-state index in [2.05, 4.69) is 4.98 Å². The Morgan fingerprint density at radius 1 is 1.56 bits per heavy atom. The minimum absolute atomic E-state index is 0.0441. The molecule has 16 heavy (non-hydrogen) atoms. The zero-order valence-electron chi connectivity index (χ0n) is 9.26. The van der Waals surface area contributed by atoms with Gasteiger partial charge < -0.3 is 9.47 Å². The fourth-order valence-corrected chi connectivity index (χ4v) is 1.73. The Labute approximate surface area is 94.6 Å². The Morgan fingerprint density at radius 2 is 2.44 bits per heavy atom. The number of nitrogens with zero attached hydrogens (tertiary/aromatic N) is 1. The first kappa shape index (κ1) is 11.1. The lowest BCUT2D eigenvalue weighted by atomic mass is 10.2. The molecule has 1 aliphatic rings. The number of esters is 1. The van der Waals surface area contributed by atoms with E-state index in [4.69, 9.17) is 9.47 Å². The van der Waals surface area contributed by atoms with Crippen molar-refractivity contribution in [2.24, 2.45) is 0 Å². The standard InChI is InChI=1S/C12H15NO3/c1-9-5-6-10(16-9)8-15-12(14)11-4-2-3-7-13-11/h2-4,7,9-10H,5-6,8H2,1H3. The Balaban J connectivity index is 1.80. The Kier molecular flexibility index (Phi) is 3.51. The van der Waals surface area contributed by atoms with E-state index in [0.29, 0.717) is 12.3 Å². The van der Waals surface area contributed by atoms with E-state index in [1.807, 2.05) is 6.92 Å². The molecule has 4 heteroatoms. The van der Waals surface area contributed by atoms with Crippen LogP contribution in [0, 0.1) is 0 Å². The molecule has 0 saturated carbocycles. The van der Waals surface area contributed by atoms with Crippen molar-refractivity contribution >= 4 is 5.97 Å². The van der Waals surface area contributed by atoms with Gasteiger partial charge in [0.1, 0.15) is 12.3 Å². The quantitative estimate of drug-likeness (QED) is 0.730. The molecule has 4 nitrogen and oxygen atoms in total. The monoisotopic (exact) mass is 221 g/mol. The molecule has 1 aromatic rings. The second kappa shape index (κ2) is 5.07. The van der Waals surface area contributed by atoms with Gasteiger partial charge in [0.05, 0.1) is 12.2 Å². The summed E-state index contributed by atoms with van der Waals surface area (Å²) in [4.78, 5) is 15.5. The lowest BCUT2D eigenvalue weighted by Crippen LogP contribution is -2.19. The number of carbonyl (C=O) groups excluding carboxylic acids is 1. The predicted octanol–water partition coefficient (Wildman–Crippen LogP) is 1.81. The van der Waals surface area contributed by atoms with Crippen molar-refractivity contribution in [3.05, 3.63) is 30.1 Å². The van der Waals surface area contributed by atoms with Crippen LogP contribution in [0.15, 0.2) is 24.4 Å². The summed E-state index contributed by atoms with van der Waals surface area (Å²) in [5.74, 6) is -0.385. The smallest absolute Gasteiger partial charge is 0.357 e. The number of carbonyl (C=O) groups is 1. The van der Waals surface area contributed by atoms with Crippen molar-refractivity contribution in [3.63, 3.8) is 0 Å². The first-order valence-corrected chi connectivity index (χ1v) is 5.49. The number of ether oxygens (including phenoxy) is 2. The molecule has 0 radical (unpaired) electrons. The van der Waals surface area contributed by atoms with Gasteiger partial charge in [-0.05, 0) is 31.9 Å². The van der Waals surface area contributed by atoms with Crippen LogP contribution in [-0.4, -0.2) is 29.8 Å². The molecule has 1 aromatic heterocycles. The number of hydrogen-bond acceptors (Lipinski definition) is 4. The fraction of sp³-hybridized carbons (Fsp3) is 0.500. The minimum Gasteiger partial charge on any atom is -0.458 e. The second-order valence-corrected chi connectivity index (χ2v) is 3.96. The van der Waals surface area contributed by atoms with Crippen LogP contribution in [0.25, 0.3) is 0 Å². The number of pyridine rings is 1. The normalized spacial score (nSPS) is 24.3. The van der Waals surface area contributed by atoms with E-state index in [1.165, 1.54) is 0 Å². The average Bonchev–Trinajstić information content (AvgIpc) is 2.73. The van der Waals surface area contributed by atoms with Gasteiger partial charge in [-0.15, -0.1) is 0 Å². The van der Waals surface area contributed by atoms with E-state index in [1.54, 1.807) is 24.4 Å². The molecule has 1 fully saturated rings. The third kappa shape index (κ3) is 2.79. The van der Waals surface area contributed by atoms with Crippen LogP contribution in [0.2, 0.25) is 0 Å². The van der Waals surface area contributed by atoms with E-state index in [0.717, 1.165) is 12.8 Å². The maximum absolute atomic E-state index is 11.5. The molecular formula is C12H15NO3. The molecule has 0 N–H and O–H groups in total. The lowest BCUT2D eigenvalue weighted by molar-refractivity contribution is -0.00299. The predicted molar refractivity (Wildman–Crippen MR) is 58.1 cm³/mol. The third-order valence-corrected chi connectivity index (χ3v) is 2.59. The highest BCUT2D eigenvalue weighted by molar-refractivity contribution is 5.87. The van der Waals surface area contributed by atoms with E-state index >= 15 is 0 Å². The molecular weight excluding hydrogens is 206 g/mol. The summed E-state index contributed by atoms with van der Waals surface area (Å²) in [6.07, 6.45) is 3.88. The summed E-state index contributed by atoms with van der Waals surface area (Å²) in [5, 5.41) is 0. The number of aromatic nitrogens is 1. The molecule has 2 unspecified atom stereocenters. The molecule has 0 aliphatic carbocycles. The zero-order valence-corrected chi connectivity index (χ0v) is 9.26. The van der Waals surface area contributed by atoms with Gasteiger partial charge in [0.15, 0.2) is 0 Å². The molecule has 0 amide bonds. The molecule has 86 valence electrons. The van der Waals surface area contributed by atoms with E-state index < -0.39 is 0 Å². The average molecular weight is 221 g/mol. The summed E-state index contributed by atoms with van der Waals surface area (Å²) in [5.41, 5.74) is 0.341. The van der Waals surface area contributed by atoms with Crippen molar-refractivity contribution in [2.75, 3.05) is 6.61 Å².